The van der Waals surface area contributed by atoms with Gasteiger partial charge in [-0.3, -0.25) is 9.44 Å². The largest absolute Gasteiger partial charge is 0.283 e. The number of sulfonamides is 2. The Morgan fingerprint density at radius 1 is 0.679 bits per heavy atom. The van der Waals surface area contributed by atoms with E-state index >= 15 is 0 Å². The second kappa shape index (κ2) is 7.99. The van der Waals surface area contributed by atoms with Gasteiger partial charge in [0.2, 0.25) is 10.0 Å². The van der Waals surface area contributed by atoms with Crippen molar-refractivity contribution in [2.75, 3.05) is 9.44 Å². The van der Waals surface area contributed by atoms with Crippen LogP contribution in [0.15, 0.2) is 83.8 Å². The van der Waals surface area contributed by atoms with E-state index in [1.807, 2.05) is 0 Å². The minimum atomic E-state index is -3.79. The van der Waals surface area contributed by atoms with Gasteiger partial charge in [0.25, 0.3) is 10.0 Å². The third kappa shape index (κ3) is 5.30. The van der Waals surface area contributed by atoms with Gasteiger partial charge in [-0.25, -0.2) is 21.2 Å². The lowest BCUT2D eigenvalue weighted by Crippen LogP contribution is -2.16. The van der Waals surface area contributed by atoms with Gasteiger partial charge in [0.05, 0.1) is 10.6 Å². The van der Waals surface area contributed by atoms with Gasteiger partial charge in [-0.05, 0) is 54.1 Å². The van der Waals surface area contributed by atoms with Crippen molar-refractivity contribution in [3.63, 3.8) is 0 Å². The number of para-hydroxylation sites is 1. The molecule has 0 heterocycles. The zero-order chi connectivity index (χ0) is 20.2. The van der Waals surface area contributed by atoms with E-state index in [-0.39, 0.29) is 16.3 Å². The lowest BCUT2D eigenvalue weighted by atomic mass is 10.2. The summed E-state index contributed by atoms with van der Waals surface area (Å²) in [5, 5.41) is 0. The van der Waals surface area contributed by atoms with Crippen LogP contribution in [0.1, 0.15) is 5.56 Å². The number of rotatable bonds is 7. The van der Waals surface area contributed by atoms with E-state index in [2.05, 4.69) is 9.44 Å². The molecule has 0 aliphatic rings. The second-order valence-corrected chi connectivity index (χ2v) is 9.39. The SMILES string of the molecule is O=S(=O)(Cc1ccc(F)cc1)Nc1ccc(S(=O)(=O)Nc2ccccc2)cc1. The number of anilines is 2. The third-order valence-corrected chi connectivity index (χ3v) is 6.39. The average molecular weight is 420 g/mol. The molecule has 28 heavy (non-hydrogen) atoms. The van der Waals surface area contributed by atoms with Gasteiger partial charge in [-0.1, -0.05) is 30.3 Å². The van der Waals surface area contributed by atoms with Crippen LogP contribution in [0.4, 0.5) is 15.8 Å². The summed E-state index contributed by atoms with van der Waals surface area (Å²) in [5.74, 6) is -0.780. The molecule has 0 saturated heterocycles. The summed E-state index contributed by atoms with van der Waals surface area (Å²) >= 11 is 0. The summed E-state index contributed by atoms with van der Waals surface area (Å²) in [5.41, 5.74) is 1.08. The van der Waals surface area contributed by atoms with Crippen LogP contribution in [-0.2, 0) is 25.8 Å². The smallest absolute Gasteiger partial charge is 0.261 e. The van der Waals surface area contributed by atoms with E-state index in [0.717, 1.165) is 0 Å². The average Bonchev–Trinajstić information content (AvgIpc) is 2.64. The Morgan fingerprint density at radius 2 is 1.25 bits per heavy atom. The van der Waals surface area contributed by atoms with Crippen LogP contribution in [0.5, 0.6) is 0 Å². The highest BCUT2D eigenvalue weighted by molar-refractivity contribution is 7.92. The molecular weight excluding hydrogens is 403 g/mol. The molecule has 0 spiro atoms. The molecule has 0 radical (unpaired) electrons. The normalized spacial score (nSPS) is 11.8. The van der Waals surface area contributed by atoms with Crippen LogP contribution in [0, 0.1) is 5.82 Å². The Bertz CT molecular complexity index is 1150. The molecule has 0 aliphatic carbocycles. The molecule has 0 atom stereocenters. The second-order valence-electron chi connectivity index (χ2n) is 5.98. The highest BCUT2D eigenvalue weighted by Crippen LogP contribution is 2.19. The fourth-order valence-electron chi connectivity index (χ4n) is 2.44. The van der Waals surface area contributed by atoms with Crippen molar-refractivity contribution in [1.29, 1.82) is 0 Å². The van der Waals surface area contributed by atoms with Gasteiger partial charge < -0.3 is 0 Å². The fourth-order valence-corrected chi connectivity index (χ4v) is 4.70. The molecule has 0 saturated carbocycles. The quantitative estimate of drug-likeness (QED) is 0.611. The zero-order valence-corrected chi connectivity index (χ0v) is 16.2. The van der Waals surface area contributed by atoms with Crippen LogP contribution in [0.2, 0.25) is 0 Å². The Hall–Kier alpha value is -2.91. The Morgan fingerprint density at radius 3 is 1.86 bits per heavy atom. The highest BCUT2D eigenvalue weighted by atomic mass is 32.2. The zero-order valence-electron chi connectivity index (χ0n) is 14.5. The van der Waals surface area contributed by atoms with E-state index in [9.17, 15) is 21.2 Å². The maximum absolute atomic E-state index is 12.9. The molecule has 0 aromatic heterocycles. The fraction of sp³-hybridized carbons (Fsp3) is 0.0526. The minimum absolute atomic E-state index is 0.00200. The summed E-state index contributed by atoms with van der Waals surface area (Å²) < 4.78 is 67.0. The van der Waals surface area contributed by atoms with Crippen molar-refractivity contribution in [2.45, 2.75) is 10.6 Å². The van der Waals surface area contributed by atoms with Gasteiger partial charge >= 0.3 is 0 Å². The molecule has 2 N–H and O–H groups in total. The van der Waals surface area contributed by atoms with Crippen LogP contribution in [0.3, 0.4) is 0 Å². The van der Waals surface area contributed by atoms with Crippen molar-refractivity contribution in [2.24, 2.45) is 0 Å². The first kappa shape index (κ1) is 19.8. The van der Waals surface area contributed by atoms with E-state index in [1.165, 1.54) is 48.5 Å². The van der Waals surface area contributed by atoms with Gasteiger partial charge in [-0.15, -0.1) is 0 Å². The summed E-state index contributed by atoms with van der Waals surface area (Å²) in [6.07, 6.45) is 0. The number of hydrogen-bond acceptors (Lipinski definition) is 4. The van der Waals surface area contributed by atoms with E-state index in [1.54, 1.807) is 30.3 Å². The van der Waals surface area contributed by atoms with Crippen molar-refractivity contribution in [1.82, 2.24) is 0 Å². The third-order valence-electron chi connectivity index (χ3n) is 3.73. The highest BCUT2D eigenvalue weighted by Gasteiger charge is 2.16. The number of nitrogens with one attached hydrogen (secondary N) is 2. The minimum Gasteiger partial charge on any atom is -0.283 e. The molecule has 0 bridgehead atoms. The molecular formula is C19H17FN2O4S2. The molecule has 146 valence electrons. The topological polar surface area (TPSA) is 92.3 Å². The first-order valence-electron chi connectivity index (χ1n) is 8.16. The van der Waals surface area contributed by atoms with E-state index in [4.69, 9.17) is 0 Å². The van der Waals surface area contributed by atoms with Gasteiger partial charge in [0, 0.05) is 11.4 Å². The van der Waals surface area contributed by atoms with Crippen LogP contribution < -0.4 is 9.44 Å². The van der Waals surface area contributed by atoms with Crippen molar-refractivity contribution >= 4 is 31.4 Å². The molecule has 0 fully saturated rings. The van der Waals surface area contributed by atoms with Crippen LogP contribution >= 0.6 is 0 Å². The predicted octanol–water partition coefficient (Wildman–Crippen LogP) is 3.57. The molecule has 6 nitrogen and oxygen atoms in total. The Labute approximate surface area is 163 Å². The van der Waals surface area contributed by atoms with E-state index in [0.29, 0.717) is 11.3 Å². The van der Waals surface area contributed by atoms with Crippen LogP contribution in [0.25, 0.3) is 0 Å². The summed E-state index contributed by atoms with van der Waals surface area (Å²) in [6.45, 7) is 0. The predicted molar refractivity (Wildman–Crippen MR) is 106 cm³/mol. The molecule has 3 rings (SSSR count). The van der Waals surface area contributed by atoms with Crippen molar-refractivity contribution in [3.8, 4) is 0 Å². The molecule has 0 unspecified atom stereocenters. The van der Waals surface area contributed by atoms with Gasteiger partial charge in [0.15, 0.2) is 0 Å². The number of hydrogen-bond donors (Lipinski definition) is 2. The first-order chi connectivity index (χ1) is 13.2. The molecule has 0 amide bonds. The maximum Gasteiger partial charge on any atom is 0.261 e. The Kier molecular flexibility index (Phi) is 5.66. The standard InChI is InChI=1S/C19H17FN2O4S2/c20-16-8-6-15(7-9-16)14-27(23,24)21-18-10-12-19(13-11-18)28(25,26)22-17-4-2-1-3-5-17/h1-13,21-22H,14H2. The summed E-state index contributed by atoms with van der Waals surface area (Å²) in [4.78, 5) is -0.00200. The molecule has 3 aromatic rings. The van der Waals surface area contributed by atoms with Crippen molar-refractivity contribution in [3.05, 3.63) is 90.2 Å². The van der Waals surface area contributed by atoms with E-state index < -0.39 is 25.9 Å². The van der Waals surface area contributed by atoms with Crippen molar-refractivity contribution < 1.29 is 21.2 Å². The lowest BCUT2D eigenvalue weighted by Gasteiger charge is -2.10. The molecule has 3 aromatic carbocycles. The lowest BCUT2D eigenvalue weighted by molar-refractivity contribution is 0.599. The van der Waals surface area contributed by atoms with Gasteiger partial charge in [-0.2, -0.15) is 0 Å². The number of benzene rings is 3. The number of halogens is 1. The monoisotopic (exact) mass is 420 g/mol. The van der Waals surface area contributed by atoms with Crippen LogP contribution in [-0.4, -0.2) is 16.8 Å². The van der Waals surface area contributed by atoms with Gasteiger partial charge in [0.1, 0.15) is 5.82 Å². The molecule has 9 heteroatoms. The first-order valence-corrected chi connectivity index (χ1v) is 11.3. The summed E-state index contributed by atoms with van der Waals surface area (Å²) in [7, 11) is -7.52. The Balaban J connectivity index is 1.70. The maximum atomic E-state index is 12.9. The summed E-state index contributed by atoms with van der Waals surface area (Å²) in [6, 6.07) is 18.9. The molecule has 0 aliphatic heterocycles.